The summed E-state index contributed by atoms with van der Waals surface area (Å²) in [6, 6.07) is 11.1. The Balaban J connectivity index is 2.37. The molecule has 0 fully saturated rings. The minimum Gasteiger partial charge on any atom is -0.327 e. The van der Waals surface area contributed by atoms with E-state index >= 15 is 0 Å². The molecule has 32 heavy (non-hydrogen) atoms. The van der Waals surface area contributed by atoms with Crippen LogP contribution < -0.4 is 5.32 Å². The lowest BCUT2D eigenvalue weighted by atomic mass is 10.1. The number of anilines is 1. The molecule has 0 aromatic heterocycles. The number of sulfonamides is 1. The Morgan fingerprint density at radius 2 is 1.66 bits per heavy atom. The molecule has 0 saturated heterocycles. The summed E-state index contributed by atoms with van der Waals surface area (Å²) in [6.07, 6.45) is 0.535. The van der Waals surface area contributed by atoms with Gasteiger partial charge in [0.15, 0.2) is 0 Å². The maximum Gasteiger partial charge on any atom is 0.257 e. The van der Waals surface area contributed by atoms with Gasteiger partial charge in [0.25, 0.3) is 5.91 Å². The minimum absolute atomic E-state index is 0.163. The van der Waals surface area contributed by atoms with Gasteiger partial charge in [0.1, 0.15) is 11.9 Å². The van der Waals surface area contributed by atoms with Gasteiger partial charge in [-0.1, -0.05) is 39.0 Å². The Kier molecular flexibility index (Phi) is 8.91. The van der Waals surface area contributed by atoms with Gasteiger partial charge in [-0.15, -0.1) is 0 Å². The predicted molar refractivity (Wildman–Crippen MR) is 122 cm³/mol. The van der Waals surface area contributed by atoms with Crippen molar-refractivity contribution < 1.29 is 22.4 Å². The summed E-state index contributed by atoms with van der Waals surface area (Å²) in [7, 11) is -3.87. The van der Waals surface area contributed by atoms with Crippen molar-refractivity contribution in [2.75, 3.05) is 25.0 Å². The third kappa shape index (κ3) is 5.72. The van der Waals surface area contributed by atoms with E-state index in [1.807, 2.05) is 13.0 Å². The molecule has 0 heterocycles. The molecule has 0 aliphatic heterocycles. The van der Waals surface area contributed by atoms with Gasteiger partial charge >= 0.3 is 0 Å². The highest BCUT2D eigenvalue weighted by Gasteiger charge is 2.30. The lowest BCUT2D eigenvalue weighted by Gasteiger charge is -2.28. The van der Waals surface area contributed by atoms with Crippen molar-refractivity contribution in [3.8, 4) is 0 Å². The Hall–Kier alpha value is -2.78. The van der Waals surface area contributed by atoms with E-state index in [0.29, 0.717) is 12.1 Å². The first-order valence-corrected chi connectivity index (χ1v) is 12.1. The van der Waals surface area contributed by atoms with Crippen molar-refractivity contribution in [1.29, 1.82) is 0 Å². The number of hydrogen-bond donors (Lipinski definition) is 1. The summed E-state index contributed by atoms with van der Waals surface area (Å²) < 4.78 is 41.5. The van der Waals surface area contributed by atoms with Crippen LogP contribution in [0.1, 0.15) is 44.5 Å². The van der Waals surface area contributed by atoms with Gasteiger partial charge in [-0.25, -0.2) is 12.8 Å². The van der Waals surface area contributed by atoms with Crippen LogP contribution in [-0.2, 0) is 14.8 Å². The third-order valence-corrected chi connectivity index (χ3v) is 7.17. The molecular formula is C23H30FN3O4S. The lowest BCUT2D eigenvalue weighted by molar-refractivity contribution is -0.120. The van der Waals surface area contributed by atoms with Crippen molar-refractivity contribution >= 4 is 27.5 Å². The van der Waals surface area contributed by atoms with E-state index in [1.165, 1.54) is 9.21 Å². The van der Waals surface area contributed by atoms with Crippen molar-refractivity contribution in [3.05, 3.63) is 59.9 Å². The number of nitrogens with zero attached hydrogens (tertiary/aromatic N) is 2. The number of para-hydroxylation sites is 1. The number of nitrogens with one attached hydrogen (secondary N) is 1. The molecule has 9 heteroatoms. The number of carbonyl (C=O) groups excluding carboxylic acids is 2. The van der Waals surface area contributed by atoms with Crippen LogP contribution in [0, 0.1) is 5.82 Å². The molecule has 0 aliphatic rings. The molecule has 0 spiro atoms. The first-order valence-electron chi connectivity index (χ1n) is 10.6. The molecule has 7 nitrogen and oxygen atoms in total. The van der Waals surface area contributed by atoms with Crippen LogP contribution in [0.25, 0.3) is 0 Å². The summed E-state index contributed by atoms with van der Waals surface area (Å²) in [5.41, 5.74) is 0.192. The highest BCUT2D eigenvalue weighted by molar-refractivity contribution is 7.89. The number of hydrogen-bond acceptors (Lipinski definition) is 4. The average molecular weight is 464 g/mol. The molecule has 2 amide bonds. The smallest absolute Gasteiger partial charge is 0.257 e. The summed E-state index contributed by atoms with van der Waals surface area (Å²) >= 11 is 0. The fraction of sp³-hybridized carbons (Fsp3) is 0.391. The molecule has 0 aliphatic carbocycles. The molecule has 2 rings (SSSR count). The molecule has 1 unspecified atom stereocenters. The molecule has 2 aromatic carbocycles. The maximum atomic E-state index is 14.6. The first-order chi connectivity index (χ1) is 15.2. The van der Waals surface area contributed by atoms with Gasteiger partial charge in [-0.05, 0) is 43.7 Å². The molecule has 2 aromatic rings. The predicted octanol–water partition coefficient (Wildman–Crippen LogP) is 3.74. The van der Waals surface area contributed by atoms with Crippen LogP contribution in [-0.4, -0.2) is 55.1 Å². The largest absolute Gasteiger partial charge is 0.327 e. The van der Waals surface area contributed by atoms with Crippen LogP contribution >= 0.6 is 0 Å². The van der Waals surface area contributed by atoms with Gasteiger partial charge in [-0.3, -0.25) is 9.59 Å². The van der Waals surface area contributed by atoms with Crippen molar-refractivity contribution in [3.63, 3.8) is 0 Å². The zero-order valence-electron chi connectivity index (χ0n) is 18.8. The Bertz CT molecular complexity index is 1040. The zero-order valence-corrected chi connectivity index (χ0v) is 19.7. The fourth-order valence-electron chi connectivity index (χ4n) is 3.32. The SMILES string of the molecule is CCCN(C(=O)c1cc(S(=O)(=O)N(CC)CC)ccc1F)C(C)C(=O)Nc1ccccc1. The second kappa shape index (κ2) is 11.2. The topological polar surface area (TPSA) is 86.8 Å². The van der Waals surface area contributed by atoms with Crippen molar-refractivity contribution in [2.24, 2.45) is 0 Å². The molecular weight excluding hydrogens is 433 g/mol. The molecule has 0 bridgehead atoms. The monoisotopic (exact) mass is 463 g/mol. The number of carbonyl (C=O) groups is 2. The van der Waals surface area contributed by atoms with E-state index in [4.69, 9.17) is 0 Å². The minimum atomic E-state index is -3.87. The number of amides is 2. The summed E-state index contributed by atoms with van der Waals surface area (Å²) in [4.78, 5) is 27.1. The van der Waals surface area contributed by atoms with Crippen LogP contribution in [0.2, 0.25) is 0 Å². The van der Waals surface area contributed by atoms with Crippen LogP contribution in [0.15, 0.2) is 53.4 Å². The molecule has 174 valence electrons. The Labute approximate surface area is 189 Å². The van der Waals surface area contributed by atoms with E-state index in [2.05, 4.69) is 5.32 Å². The number of benzene rings is 2. The summed E-state index contributed by atoms with van der Waals surface area (Å²) in [5.74, 6) is -2.01. The zero-order chi connectivity index (χ0) is 23.9. The molecule has 1 atom stereocenters. The van der Waals surface area contributed by atoms with Crippen LogP contribution in [0.4, 0.5) is 10.1 Å². The third-order valence-electron chi connectivity index (χ3n) is 5.13. The average Bonchev–Trinajstić information content (AvgIpc) is 2.78. The lowest BCUT2D eigenvalue weighted by Crippen LogP contribution is -2.46. The fourth-order valence-corrected chi connectivity index (χ4v) is 4.80. The van der Waals surface area contributed by atoms with E-state index < -0.39 is 33.7 Å². The van der Waals surface area contributed by atoms with Gasteiger partial charge in [0, 0.05) is 25.3 Å². The second-order valence-corrected chi connectivity index (χ2v) is 9.20. The Morgan fingerprint density at radius 1 is 1.03 bits per heavy atom. The highest BCUT2D eigenvalue weighted by Crippen LogP contribution is 2.22. The Morgan fingerprint density at radius 3 is 2.22 bits per heavy atom. The maximum absolute atomic E-state index is 14.6. The van der Waals surface area contributed by atoms with Gasteiger partial charge in [0.05, 0.1) is 10.5 Å². The summed E-state index contributed by atoms with van der Waals surface area (Å²) in [5, 5.41) is 2.74. The quantitative estimate of drug-likeness (QED) is 0.582. The number of rotatable bonds is 10. The molecule has 1 N–H and O–H groups in total. The van der Waals surface area contributed by atoms with Gasteiger partial charge in [-0.2, -0.15) is 4.31 Å². The van der Waals surface area contributed by atoms with E-state index in [0.717, 1.165) is 18.2 Å². The molecule has 0 saturated carbocycles. The van der Waals surface area contributed by atoms with Crippen molar-refractivity contribution in [2.45, 2.75) is 45.1 Å². The first kappa shape index (κ1) is 25.5. The van der Waals surface area contributed by atoms with Gasteiger partial charge < -0.3 is 10.2 Å². The normalized spacial score (nSPS) is 12.4. The second-order valence-electron chi connectivity index (χ2n) is 7.26. The van der Waals surface area contributed by atoms with Crippen molar-refractivity contribution in [1.82, 2.24) is 9.21 Å². The van der Waals surface area contributed by atoms with Gasteiger partial charge in [0.2, 0.25) is 15.9 Å². The van der Waals surface area contributed by atoms with Crippen LogP contribution in [0.5, 0.6) is 0 Å². The molecule has 0 radical (unpaired) electrons. The number of halogens is 1. The van der Waals surface area contributed by atoms with Crippen LogP contribution in [0.3, 0.4) is 0 Å². The summed E-state index contributed by atoms with van der Waals surface area (Å²) in [6.45, 7) is 7.49. The highest BCUT2D eigenvalue weighted by atomic mass is 32.2. The van der Waals surface area contributed by atoms with E-state index in [1.54, 1.807) is 45.0 Å². The van der Waals surface area contributed by atoms with E-state index in [-0.39, 0.29) is 30.1 Å². The standard InChI is InChI=1S/C23H30FN3O4S/c1-5-15-27(17(4)22(28)25-18-11-9-8-10-12-18)23(29)20-16-19(13-14-21(20)24)32(30,31)26(6-2)7-3/h8-14,16-17H,5-7,15H2,1-4H3,(H,25,28). The van der Waals surface area contributed by atoms with E-state index in [9.17, 15) is 22.4 Å².